The molecule has 0 bridgehead atoms. The number of nitrogens with one attached hydrogen (secondary N) is 1. The van der Waals surface area contributed by atoms with Crippen molar-refractivity contribution in [3.8, 4) is 11.5 Å². The third-order valence-corrected chi connectivity index (χ3v) is 3.70. The second kappa shape index (κ2) is 6.95. The quantitative estimate of drug-likeness (QED) is 0.865. The van der Waals surface area contributed by atoms with Crippen LogP contribution in [0.3, 0.4) is 0 Å². The fourth-order valence-corrected chi connectivity index (χ4v) is 2.73. The molecule has 1 aliphatic rings. The Bertz CT molecular complexity index is 500. The Morgan fingerprint density at radius 1 is 1.19 bits per heavy atom. The van der Waals surface area contributed by atoms with Gasteiger partial charge in [0, 0.05) is 24.8 Å². The first-order valence-corrected chi connectivity index (χ1v) is 7.37. The molecule has 0 radical (unpaired) electrons. The summed E-state index contributed by atoms with van der Waals surface area (Å²) < 4.78 is 16.2. The standard InChI is InChI=1S/C15H22N2O3S/c1-10-8-17(9-11(2)20-10)15(21)16-12-5-6-13(18-3)14(7-12)19-4/h5-7,10-11H,8-9H2,1-4H3,(H,16,21)/t10-,11-/m0/s1. The van der Waals surface area contributed by atoms with Gasteiger partial charge in [0.25, 0.3) is 0 Å². The maximum Gasteiger partial charge on any atom is 0.173 e. The van der Waals surface area contributed by atoms with Gasteiger partial charge in [0.1, 0.15) is 0 Å². The maximum atomic E-state index is 5.72. The van der Waals surface area contributed by atoms with Crippen LogP contribution in [0.1, 0.15) is 13.8 Å². The third kappa shape index (κ3) is 3.98. The lowest BCUT2D eigenvalue weighted by Gasteiger charge is -2.36. The van der Waals surface area contributed by atoms with E-state index in [-0.39, 0.29) is 12.2 Å². The molecule has 6 heteroatoms. The monoisotopic (exact) mass is 310 g/mol. The number of rotatable bonds is 3. The normalized spacial score (nSPS) is 21.8. The zero-order chi connectivity index (χ0) is 15.4. The summed E-state index contributed by atoms with van der Waals surface area (Å²) in [6, 6.07) is 5.65. The van der Waals surface area contributed by atoms with E-state index in [9.17, 15) is 0 Å². The highest BCUT2D eigenvalue weighted by Gasteiger charge is 2.24. The maximum absolute atomic E-state index is 5.72. The molecule has 116 valence electrons. The van der Waals surface area contributed by atoms with Gasteiger partial charge in [-0.15, -0.1) is 0 Å². The minimum atomic E-state index is 0.180. The first kappa shape index (κ1) is 15.9. The highest BCUT2D eigenvalue weighted by atomic mass is 32.1. The van der Waals surface area contributed by atoms with E-state index in [1.165, 1.54) is 0 Å². The van der Waals surface area contributed by atoms with Crippen LogP contribution >= 0.6 is 12.2 Å². The van der Waals surface area contributed by atoms with Crippen molar-refractivity contribution < 1.29 is 14.2 Å². The molecular weight excluding hydrogens is 288 g/mol. The average molecular weight is 310 g/mol. The van der Waals surface area contributed by atoms with E-state index >= 15 is 0 Å². The van der Waals surface area contributed by atoms with E-state index < -0.39 is 0 Å². The molecule has 0 aromatic heterocycles. The minimum absolute atomic E-state index is 0.180. The molecule has 5 nitrogen and oxygen atoms in total. The van der Waals surface area contributed by atoms with Gasteiger partial charge in [-0.2, -0.15) is 0 Å². The smallest absolute Gasteiger partial charge is 0.173 e. The van der Waals surface area contributed by atoms with Crippen molar-refractivity contribution in [3.05, 3.63) is 18.2 Å². The molecule has 1 heterocycles. The van der Waals surface area contributed by atoms with Crippen molar-refractivity contribution in [2.24, 2.45) is 0 Å². The van der Waals surface area contributed by atoms with Crippen LogP contribution in [0.25, 0.3) is 0 Å². The predicted octanol–water partition coefficient (Wildman–Crippen LogP) is 2.51. The molecule has 2 rings (SSSR count). The number of thiocarbonyl (C=S) groups is 1. The average Bonchev–Trinajstić information content (AvgIpc) is 2.46. The summed E-state index contributed by atoms with van der Waals surface area (Å²) in [4.78, 5) is 2.13. The molecule has 1 N–H and O–H groups in total. The summed E-state index contributed by atoms with van der Waals surface area (Å²) in [6.45, 7) is 5.70. The van der Waals surface area contributed by atoms with Gasteiger partial charge in [0.05, 0.1) is 26.4 Å². The molecule has 21 heavy (non-hydrogen) atoms. The molecule has 2 atom stereocenters. The lowest BCUT2D eigenvalue weighted by atomic mass is 10.2. The van der Waals surface area contributed by atoms with Gasteiger partial charge in [0.2, 0.25) is 0 Å². The van der Waals surface area contributed by atoms with Crippen LogP contribution in [0.4, 0.5) is 5.69 Å². The van der Waals surface area contributed by atoms with Crippen LogP contribution in [0.15, 0.2) is 18.2 Å². The molecule has 0 unspecified atom stereocenters. The lowest BCUT2D eigenvalue weighted by molar-refractivity contribution is -0.0473. The summed E-state index contributed by atoms with van der Waals surface area (Å²) in [5.41, 5.74) is 0.879. The summed E-state index contributed by atoms with van der Waals surface area (Å²) in [6.07, 6.45) is 0.359. The third-order valence-electron chi connectivity index (χ3n) is 3.34. The van der Waals surface area contributed by atoms with Gasteiger partial charge >= 0.3 is 0 Å². The second-order valence-corrected chi connectivity index (χ2v) is 5.55. The number of hydrogen-bond acceptors (Lipinski definition) is 4. The van der Waals surface area contributed by atoms with Crippen LogP contribution in [-0.2, 0) is 4.74 Å². The predicted molar refractivity (Wildman–Crippen MR) is 87.3 cm³/mol. The molecule has 0 aliphatic carbocycles. The number of morpholine rings is 1. The molecular formula is C15H22N2O3S. The largest absolute Gasteiger partial charge is 0.493 e. The molecule has 1 saturated heterocycles. The van der Waals surface area contributed by atoms with Gasteiger partial charge in [-0.3, -0.25) is 0 Å². The summed E-state index contributed by atoms with van der Waals surface area (Å²) in [5, 5.41) is 3.94. The molecule has 1 aromatic rings. The topological polar surface area (TPSA) is 43.0 Å². The van der Waals surface area contributed by atoms with E-state index in [1.54, 1.807) is 14.2 Å². The lowest BCUT2D eigenvalue weighted by Crippen LogP contribution is -2.49. The van der Waals surface area contributed by atoms with E-state index in [0.29, 0.717) is 16.6 Å². The summed E-state index contributed by atoms with van der Waals surface area (Å²) in [7, 11) is 3.23. The summed E-state index contributed by atoms with van der Waals surface area (Å²) in [5.74, 6) is 1.37. The van der Waals surface area contributed by atoms with Gasteiger partial charge in [-0.25, -0.2) is 0 Å². The van der Waals surface area contributed by atoms with E-state index in [1.807, 2.05) is 18.2 Å². The number of ether oxygens (including phenoxy) is 3. The fourth-order valence-electron chi connectivity index (χ4n) is 2.46. The minimum Gasteiger partial charge on any atom is -0.493 e. The number of benzene rings is 1. The number of hydrogen-bond donors (Lipinski definition) is 1. The first-order chi connectivity index (χ1) is 10.0. The van der Waals surface area contributed by atoms with Crippen LogP contribution in [0.5, 0.6) is 11.5 Å². The highest BCUT2D eigenvalue weighted by molar-refractivity contribution is 7.80. The van der Waals surface area contributed by atoms with Crippen molar-refractivity contribution in [3.63, 3.8) is 0 Å². The Balaban J connectivity index is 2.05. The Labute approximate surface area is 131 Å². The SMILES string of the molecule is COc1ccc(NC(=S)N2C[C@H](C)O[C@@H](C)C2)cc1OC. The molecule has 0 saturated carbocycles. The molecule has 0 amide bonds. The Kier molecular flexibility index (Phi) is 5.25. The molecule has 1 fully saturated rings. The molecule has 1 aliphatic heterocycles. The number of anilines is 1. The molecule has 1 aromatic carbocycles. The van der Waals surface area contributed by atoms with Gasteiger partial charge in [-0.05, 0) is 38.2 Å². The van der Waals surface area contributed by atoms with Crippen molar-refractivity contribution in [1.82, 2.24) is 4.90 Å². The number of methoxy groups -OCH3 is 2. The zero-order valence-corrected chi connectivity index (χ0v) is 13.7. The van der Waals surface area contributed by atoms with Gasteiger partial charge in [-0.1, -0.05) is 0 Å². The van der Waals surface area contributed by atoms with Gasteiger partial charge in [0.15, 0.2) is 16.6 Å². The van der Waals surface area contributed by atoms with E-state index in [0.717, 1.165) is 18.8 Å². The van der Waals surface area contributed by atoms with Crippen molar-refractivity contribution in [1.29, 1.82) is 0 Å². The van der Waals surface area contributed by atoms with Crippen LogP contribution in [0.2, 0.25) is 0 Å². The first-order valence-electron chi connectivity index (χ1n) is 6.97. The van der Waals surface area contributed by atoms with Gasteiger partial charge < -0.3 is 24.4 Å². The van der Waals surface area contributed by atoms with Crippen LogP contribution in [0, 0.1) is 0 Å². The van der Waals surface area contributed by atoms with E-state index in [2.05, 4.69) is 24.1 Å². The van der Waals surface area contributed by atoms with Crippen LogP contribution < -0.4 is 14.8 Å². The van der Waals surface area contributed by atoms with E-state index in [4.69, 9.17) is 26.4 Å². The van der Waals surface area contributed by atoms with Crippen molar-refractivity contribution in [2.75, 3.05) is 32.6 Å². The highest BCUT2D eigenvalue weighted by Crippen LogP contribution is 2.30. The Morgan fingerprint density at radius 2 is 1.81 bits per heavy atom. The Hall–Kier alpha value is -1.53. The zero-order valence-electron chi connectivity index (χ0n) is 12.9. The summed E-state index contributed by atoms with van der Waals surface area (Å²) >= 11 is 5.49. The van der Waals surface area contributed by atoms with Crippen molar-refractivity contribution >= 4 is 23.0 Å². The van der Waals surface area contributed by atoms with Crippen LogP contribution in [-0.4, -0.2) is 49.5 Å². The number of nitrogens with zero attached hydrogens (tertiary/aromatic N) is 1. The fraction of sp³-hybridized carbons (Fsp3) is 0.533. The van der Waals surface area contributed by atoms with Crippen molar-refractivity contribution in [2.45, 2.75) is 26.1 Å². The Morgan fingerprint density at radius 3 is 2.38 bits per heavy atom. The second-order valence-electron chi connectivity index (χ2n) is 5.16. The molecule has 0 spiro atoms.